The predicted molar refractivity (Wildman–Crippen MR) is 117 cm³/mol. The molecular weight excluding hydrogens is 437 g/mol. The first-order valence-corrected chi connectivity index (χ1v) is 11.2. The highest BCUT2D eigenvalue weighted by Gasteiger charge is 2.52. The molecule has 1 aliphatic carbocycles. The lowest BCUT2D eigenvalue weighted by Gasteiger charge is -2.37. The van der Waals surface area contributed by atoms with E-state index in [-0.39, 0.29) is 47.1 Å². The first-order valence-electron chi connectivity index (χ1n) is 10.4. The van der Waals surface area contributed by atoms with Crippen molar-refractivity contribution >= 4 is 34.9 Å². The standard InChI is InChI=1S/C24H21Cl2NO4/c25-15-8-9-19-17(11-15)22(29)20-21(13-5-3-6-16(28)10-13)27(24(30)23(20)31-19)12-14-4-1-2-7-18(14)26/h1-7,10,15,17,19,21,28H,8-9,11-12H2. The Labute approximate surface area is 190 Å². The Morgan fingerprint density at radius 3 is 2.68 bits per heavy atom. The molecule has 7 heteroatoms. The largest absolute Gasteiger partial charge is 0.508 e. The van der Waals surface area contributed by atoms with Gasteiger partial charge in [0.05, 0.1) is 17.5 Å². The van der Waals surface area contributed by atoms with Crippen molar-refractivity contribution in [1.29, 1.82) is 0 Å². The highest BCUT2D eigenvalue weighted by atomic mass is 35.5. The molecule has 1 amide bonds. The summed E-state index contributed by atoms with van der Waals surface area (Å²) in [6.07, 6.45) is 1.62. The number of benzene rings is 2. The topological polar surface area (TPSA) is 66.8 Å². The van der Waals surface area contributed by atoms with Crippen molar-refractivity contribution in [3.8, 4) is 5.75 Å². The number of nitrogens with zero attached hydrogens (tertiary/aromatic N) is 1. The lowest BCUT2D eigenvalue weighted by molar-refractivity contribution is -0.135. The van der Waals surface area contributed by atoms with Crippen molar-refractivity contribution in [2.24, 2.45) is 5.92 Å². The van der Waals surface area contributed by atoms with Gasteiger partial charge >= 0.3 is 0 Å². The van der Waals surface area contributed by atoms with E-state index >= 15 is 0 Å². The van der Waals surface area contributed by atoms with E-state index in [1.165, 1.54) is 0 Å². The fourth-order valence-electron chi connectivity index (χ4n) is 4.88. The summed E-state index contributed by atoms with van der Waals surface area (Å²) < 4.78 is 6.14. The number of amides is 1. The van der Waals surface area contributed by atoms with Gasteiger partial charge in [0.2, 0.25) is 0 Å². The molecule has 3 aliphatic rings. The van der Waals surface area contributed by atoms with Crippen LogP contribution in [0, 0.1) is 5.92 Å². The second-order valence-electron chi connectivity index (χ2n) is 8.30. The Kier molecular flexibility index (Phi) is 5.19. The molecule has 2 heterocycles. The number of hydrogen-bond donors (Lipinski definition) is 1. The van der Waals surface area contributed by atoms with Gasteiger partial charge in [0.15, 0.2) is 11.5 Å². The molecule has 2 aliphatic heterocycles. The number of alkyl halides is 1. The van der Waals surface area contributed by atoms with Gasteiger partial charge in [0.1, 0.15) is 11.9 Å². The molecule has 2 aromatic rings. The van der Waals surface area contributed by atoms with Crippen LogP contribution in [0.1, 0.15) is 36.4 Å². The van der Waals surface area contributed by atoms with Crippen LogP contribution in [0.5, 0.6) is 5.75 Å². The first-order chi connectivity index (χ1) is 14.9. The Morgan fingerprint density at radius 2 is 1.90 bits per heavy atom. The third-order valence-electron chi connectivity index (χ3n) is 6.36. The number of phenolic OH excluding ortho intramolecular Hbond substituents is 1. The van der Waals surface area contributed by atoms with Crippen LogP contribution in [-0.4, -0.2) is 33.2 Å². The van der Waals surface area contributed by atoms with Crippen molar-refractivity contribution < 1.29 is 19.4 Å². The maximum atomic E-state index is 13.6. The predicted octanol–water partition coefficient (Wildman–Crippen LogP) is 4.76. The van der Waals surface area contributed by atoms with E-state index in [0.29, 0.717) is 29.0 Å². The van der Waals surface area contributed by atoms with E-state index in [1.807, 2.05) is 18.2 Å². The number of carbonyl (C=O) groups is 2. The molecule has 2 aromatic carbocycles. The summed E-state index contributed by atoms with van der Waals surface area (Å²) in [4.78, 5) is 28.7. The number of ether oxygens (including phenoxy) is 1. The van der Waals surface area contributed by atoms with Gasteiger partial charge in [-0.15, -0.1) is 11.6 Å². The van der Waals surface area contributed by atoms with Gasteiger partial charge in [-0.1, -0.05) is 41.9 Å². The van der Waals surface area contributed by atoms with Crippen molar-refractivity contribution in [3.63, 3.8) is 0 Å². The monoisotopic (exact) mass is 457 g/mol. The smallest absolute Gasteiger partial charge is 0.290 e. The van der Waals surface area contributed by atoms with Gasteiger partial charge in [-0.25, -0.2) is 0 Å². The van der Waals surface area contributed by atoms with Gasteiger partial charge in [0.25, 0.3) is 5.91 Å². The van der Waals surface area contributed by atoms with Gasteiger partial charge in [-0.2, -0.15) is 0 Å². The number of rotatable bonds is 3. The molecule has 1 saturated carbocycles. The number of halogens is 2. The van der Waals surface area contributed by atoms with E-state index in [9.17, 15) is 14.7 Å². The lowest BCUT2D eigenvalue weighted by Crippen LogP contribution is -2.41. The molecule has 0 spiro atoms. The fraction of sp³-hybridized carbons (Fsp3) is 0.333. The average Bonchev–Trinajstić information content (AvgIpc) is 3.02. The molecule has 1 N–H and O–H groups in total. The number of fused-ring (bicyclic) bond motifs is 1. The first kappa shape index (κ1) is 20.4. The number of carbonyl (C=O) groups excluding carboxylic acids is 2. The van der Waals surface area contributed by atoms with Crippen LogP contribution >= 0.6 is 23.2 Å². The summed E-state index contributed by atoms with van der Waals surface area (Å²) in [6, 6.07) is 13.3. The molecule has 4 unspecified atom stereocenters. The van der Waals surface area contributed by atoms with Gasteiger partial charge in [0, 0.05) is 16.9 Å². The SMILES string of the molecule is O=C1C2=C(OC3CCC(Cl)CC13)C(=O)N(Cc1ccccc1Cl)C2c1cccc(O)c1. The van der Waals surface area contributed by atoms with E-state index in [1.54, 1.807) is 35.2 Å². The molecule has 5 rings (SSSR count). The third-order valence-corrected chi connectivity index (χ3v) is 7.13. The second kappa shape index (κ2) is 7.88. The number of Topliss-reactive ketones (excluding diaryl/α,β-unsaturated/α-hetero) is 1. The van der Waals surface area contributed by atoms with E-state index in [0.717, 1.165) is 12.0 Å². The van der Waals surface area contributed by atoms with Crippen molar-refractivity contribution in [3.05, 3.63) is 76.0 Å². The molecular formula is C24H21Cl2NO4. The summed E-state index contributed by atoms with van der Waals surface area (Å²) >= 11 is 12.7. The van der Waals surface area contributed by atoms with Crippen LogP contribution in [-0.2, 0) is 20.9 Å². The normalized spacial score (nSPS) is 27.7. The number of ketones is 1. The zero-order valence-electron chi connectivity index (χ0n) is 16.6. The molecule has 0 bridgehead atoms. The Hall–Kier alpha value is -2.50. The minimum Gasteiger partial charge on any atom is -0.508 e. The van der Waals surface area contributed by atoms with E-state index < -0.39 is 6.04 Å². The zero-order valence-corrected chi connectivity index (χ0v) is 18.1. The molecule has 31 heavy (non-hydrogen) atoms. The number of hydrogen-bond acceptors (Lipinski definition) is 4. The lowest BCUT2D eigenvalue weighted by atomic mass is 9.77. The minimum atomic E-state index is -0.657. The molecule has 0 radical (unpaired) electrons. The molecule has 160 valence electrons. The average molecular weight is 458 g/mol. The molecule has 1 fully saturated rings. The molecule has 5 nitrogen and oxygen atoms in total. The summed E-state index contributed by atoms with van der Waals surface area (Å²) in [6.45, 7) is 0.218. The van der Waals surface area contributed by atoms with Crippen LogP contribution in [0.25, 0.3) is 0 Å². The summed E-state index contributed by atoms with van der Waals surface area (Å²) in [5, 5.41) is 10.5. The highest BCUT2D eigenvalue weighted by molar-refractivity contribution is 6.31. The van der Waals surface area contributed by atoms with E-state index in [4.69, 9.17) is 27.9 Å². The quantitative estimate of drug-likeness (QED) is 0.674. The summed E-state index contributed by atoms with van der Waals surface area (Å²) in [7, 11) is 0. The van der Waals surface area contributed by atoms with Crippen molar-refractivity contribution in [2.75, 3.05) is 0 Å². The second-order valence-corrected chi connectivity index (χ2v) is 9.33. The maximum Gasteiger partial charge on any atom is 0.290 e. The van der Waals surface area contributed by atoms with E-state index in [2.05, 4.69) is 0 Å². The maximum absolute atomic E-state index is 13.6. The molecule has 4 atom stereocenters. The van der Waals surface area contributed by atoms with Gasteiger partial charge in [-0.05, 0) is 48.6 Å². The van der Waals surface area contributed by atoms with Gasteiger partial charge in [-0.3, -0.25) is 9.59 Å². The number of phenols is 1. The van der Waals surface area contributed by atoms with Crippen molar-refractivity contribution in [1.82, 2.24) is 4.90 Å². The number of aromatic hydroxyl groups is 1. The highest BCUT2D eigenvalue weighted by Crippen LogP contribution is 2.48. The molecule has 0 saturated heterocycles. The van der Waals surface area contributed by atoms with Crippen LogP contribution in [0.3, 0.4) is 0 Å². The van der Waals surface area contributed by atoms with Crippen LogP contribution in [0.15, 0.2) is 59.9 Å². The van der Waals surface area contributed by atoms with Crippen LogP contribution in [0.4, 0.5) is 0 Å². The Bertz CT molecular complexity index is 1100. The minimum absolute atomic E-state index is 0.0669. The summed E-state index contributed by atoms with van der Waals surface area (Å²) in [5.41, 5.74) is 1.78. The fourth-order valence-corrected chi connectivity index (χ4v) is 5.39. The zero-order chi connectivity index (χ0) is 21.7. The van der Waals surface area contributed by atoms with Gasteiger partial charge < -0.3 is 14.7 Å². The Balaban J connectivity index is 1.60. The van der Waals surface area contributed by atoms with Crippen LogP contribution < -0.4 is 0 Å². The third kappa shape index (κ3) is 3.50. The van der Waals surface area contributed by atoms with Crippen LogP contribution in [0.2, 0.25) is 5.02 Å². The summed E-state index contributed by atoms with van der Waals surface area (Å²) in [5.74, 6) is -0.581. The molecule has 0 aromatic heterocycles. The Morgan fingerprint density at radius 1 is 1.10 bits per heavy atom. The van der Waals surface area contributed by atoms with Crippen molar-refractivity contribution in [2.45, 2.75) is 43.3 Å².